The van der Waals surface area contributed by atoms with E-state index in [1.807, 2.05) is 0 Å². The van der Waals surface area contributed by atoms with Crippen molar-refractivity contribution in [3.05, 3.63) is 44.3 Å². The molecule has 0 aliphatic rings. The van der Waals surface area contributed by atoms with E-state index in [2.05, 4.69) is 25.9 Å². The summed E-state index contributed by atoms with van der Waals surface area (Å²) in [6, 6.07) is 1.92. The van der Waals surface area contributed by atoms with Gasteiger partial charge in [0, 0.05) is 23.9 Å². The van der Waals surface area contributed by atoms with Gasteiger partial charge in [-0.1, -0.05) is 0 Å². The molecule has 104 valence electrons. The number of hydrogen-bond donors (Lipinski definition) is 1. The van der Waals surface area contributed by atoms with Crippen LogP contribution in [-0.4, -0.2) is 14.9 Å². The molecule has 7 nitrogen and oxygen atoms in total. The third-order valence-electron chi connectivity index (χ3n) is 2.35. The molecule has 0 bridgehead atoms. The molecule has 2 aromatic rings. The number of nitrogen functional groups attached to an aromatic ring is 1. The van der Waals surface area contributed by atoms with Gasteiger partial charge in [0.2, 0.25) is 17.6 Å². The smallest absolute Gasteiger partial charge is 0.312 e. The normalized spacial score (nSPS) is 10.3. The van der Waals surface area contributed by atoms with Crippen molar-refractivity contribution in [2.75, 3.05) is 5.73 Å². The van der Waals surface area contributed by atoms with Gasteiger partial charge in [0.05, 0.1) is 9.40 Å². The van der Waals surface area contributed by atoms with E-state index in [1.54, 1.807) is 6.92 Å². The molecule has 0 aliphatic carbocycles. The number of nitrogens with two attached hydrogens (primary N) is 1. The fourth-order valence-corrected chi connectivity index (χ4v) is 1.72. The number of anilines is 1. The molecule has 9 heteroatoms. The van der Waals surface area contributed by atoms with Crippen molar-refractivity contribution in [2.45, 2.75) is 6.92 Å². The van der Waals surface area contributed by atoms with Crippen LogP contribution >= 0.6 is 15.9 Å². The Morgan fingerprint density at radius 3 is 2.85 bits per heavy atom. The second kappa shape index (κ2) is 5.37. The molecule has 0 amide bonds. The van der Waals surface area contributed by atoms with Gasteiger partial charge in [-0.2, -0.15) is 4.98 Å². The zero-order chi connectivity index (χ0) is 14.9. The largest absolute Gasteiger partial charge is 0.431 e. The van der Waals surface area contributed by atoms with Crippen LogP contribution in [0.3, 0.4) is 0 Å². The van der Waals surface area contributed by atoms with Crippen LogP contribution in [0.2, 0.25) is 0 Å². The summed E-state index contributed by atoms with van der Waals surface area (Å²) in [6.45, 7) is 1.63. The number of aromatic nitrogens is 2. The lowest BCUT2D eigenvalue weighted by Gasteiger charge is -2.08. The summed E-state index contributed by atoms with van der Waals surface area (Å²) in [5, 5.41) is 11.0. The van der Waals surface area contributed by atoms with Gasteiger partial charge in [-0.15, -0.1) is 0 Å². The Morgan fingerprint density at radius 1 is 1.50 bits per heavy atom. The highest BCUT2D eigenvalue weighted by Gasteiger charge is 2.20. The number of nitrogens with zero attached hydrogens (tertiary/aromatic N) is 3. The molecule has 0 atom stereocenters. The third kappa shape index (κ3) is 2.82. The van der Waals surface area contributed by atoms with E-state index < -0.39 is 16.4 Å². The number of nitro benzene ring substituents is 1. The second-order valence-electron chi connectivity index (χ2n) is 3.81. The first-order valence-corrected chi connectivity index (χ1v) is 6.08. The van der Waals surface area contributed by atoms with Crippen molar-refractivity contribution in [1.82, 2.24) is 9.97 Å². The third-order valence-corrected chi connectivity index (χ3v) is 2.96. The van der Waals surface area contributed by atoms with Crippen LogP contribution in [0.5, 0.6) is 11.6 Å². The maximum Gasteiger partial charge on any atom is 0.312 e. The molecule has 0 radical (unpaired) electrons. The molecule has 0 aliphatic heterocycles. The fourth-order valence-electron chi connectivity index (χ4n) is 1.39. The predicted octanol–water partition coefficient (Wildman–Crippen LogP) is 2.97. The summed E-state index contributed by atoms with van der Waals surface area (Å²) >= 11 is 2.88. The minimum atomic E-state index is -0.690. The zero-order valence-corrected chi connectivity index (χ0v) is 11.7. The highest BCUT2D eigenvalue weighted by atomic mass is 79.9. The predicted molar refractivity (Wildman–Crippen MR) is 72.0 cm³/mol. The monoisotopic (exact) mass is 342 g/mol. The van der Waals surface area contributed by atoms with Gasteiger partial charge in [-0.05, 0) is 22.9 Å². The maximum absolute atomic E-state index is 13.5. The Labute approximate surface area is 120 Å². The molecule has 0 saturated carbocycles. The van der Waals surface area contributed by atoms with Gasteiger partial charge >= 0.3 is 5.69 Å². The van der Waals surface area contributed by atoms with E-state index in [0.717, 1.165) is 12.1 Å². The lowest BCUT2D eigenvalue weighted by atomic mass is 10.3. The quantitative estimate of drug-likeness (QED) is 0.679. The fraction of sp³-hybridized carbons (Fsp3) is 0.0909. The average Bonchev–Trinajstić information content (AvgIpc) is 2.37. The lowest BCUT2D eigenvalue weighted by Crippen LogP contribution is -2.01. The Morgan fingerprint density at radius 2 is 2.20 bits per heavy atom. The van der Waals surface area contributed by atoms with Crippen molar-refractivity contribution < 1.29 is 14.1 Å². The summed E-state index contributed by atoms with van der Waals surface area (Å²) in [5.41, 5.74) is 5.53. The first-order valence-electron chi connectivity index (χ1n) is 5.29. The van der Waals surface area contributed by atoms with Crippen molar-refractivity contribution in [3.63, 3.8) is 0 Å². The summed E-state index contributed by atoms with van der Waals surface area (Å²) in [6.07, 6.45) is 1.40. The number of nitro groups is 1. The Kier molecular flexibility index (Phi) is 3.79. The molecular formula is C11H8BrFN4O3. The second-order valence-corrected chi connectivity index (χ2v) is 4.66. The van der Waals surface area contributed by atoms with E-state index in [-0.39, 0.29) is 22.1 Å². The minimum Gasteiger partial charge on any atom is -0.431 e. The molecule has 20 heavy (non-hydrogen) atoms. The Hall–Kier alpha value is -2.29. The first kappa shape index (κ1) is 14.1. The highest BCUT2D eigenvalue weighted by molar-refractivity contribution is 9.10. The molecule has 1 heterocycles. The van der Waals surface area contributed by atoms with Gasteiger partial charge in [0.15, 0.2) is 0 Å². The van der Waals surface area contributed by atoms with Crippen LogP contribution in [-0.2, 0) is 0 Å². The van der Waals surface area contributed by atoms with E-state index in [9.17, 15) is 14.5 Å². The molecule has 1 aromatic heterocycles. The molecule has 0 fully saturated rings. The van der Waals surface area contributed by atoms with Gasteiger partial charge in [-0.3, -0.25) is 10.1 Å². The molecule has 0 unspecified atom stereocenters. The standard InChI is InChI=1S/C11H8BrFN4O3/c1-5-4-15-11(14)16-10(5)20-9-3-7(13)6(12)2-8(9)17(18)19/h2-4H,1H3,(H2,14,15,16). The highest BCUT2D eigenvalue weighted by Crippen LogP contribution is 2.35. The average molecular weight is 343 g/mol. The Balaban J connectivity index is 2.50. The number of ether oxygens (including phenoxy) is 1. The van der Waals surface area contributed by atoms with Crippen molar-refractivity contribution >= 4 is 27.6 Å². The molecule has 0 spiro atoms. The number of rotatable bonds is 3. The van der Waals surface area contributed by atoms with Crippen molar-refractivity contribution in [1.29, 1.82) is 0 Å². The van der Waals surface area contributed by atoms with Gasteiger partial charge < -0.3 is 10.5 Å². The lowest BCUT2D eigenvalue weighted by molar-refractivity contribution is -0.385. The number of aryl methyl sites for hydroxylation is 1. The van der Waals surface area contributed by atoms with Gasteiger partial charge in [0.25, 0.3) is 0 Å². The molecule has 2 N–H and O–H groups in total. The van der Waals surface area contributed by atoms with E-state index in [4.69, 9.17) is 10.5 Å². The van der Waals surface area contributed by atoms with E-state index in [1.165, 1.54) is 6.20 Å². The van der Waals surface area contributed by atoms with Crippen LogP contribution in [0, 0.1) is 22.9 Å². The summed E-state index contributed by atoms with van der Waals surface area (Å²) < 4.78 is 18.8. The summed E-state index contributed by atoms with van der Waals surface area (Å²) in [5.74, 6) is -0.977. The van der Waals surface area contributed by atoms with E-state index in [0.29, 0.717) is 5.56 Å². The summed E-state index contributed by atoms with van der Waals surface area (Å²) in [7, 11) is 0. The van der Waals surface area contributed by atoms with Crippen LogP contribution in [0.4, 0.5) is 16.0 Å². The van der Waals surface area contributed by atoms with Gasteiger partial charge in [-0.25, -0.2) is 9.37 Å². The van der Waals surface area contributed by atoms with Crippen LogP contribution in [0.25, 0.3) is 0 Å². The SMILES string of the molecule is Cc1cnc(N)nc1Oc1cc(F)c(Br)cc1[N+](=O)[O-]. The number of hydrogen-bond acceptors (Lipinski definition) is 6. The molecular weight excluding hydrogens is 335 g/mol. The van der Waals surface area contributed by atoms with Gasteiger partial charge in [0.1, 0.15) is 5.82 Å². The molecule has 2 rings (SSSR count). The topological polar surface area (TPSA) is 104 Å². The van der Waals surface area contributed by atoms with Crippen LogP contribution in [0.15, 0.2) is 22.8 Å². The van der Waals surface area contributed by atoms with E-state index >= 15 is 0 Å². The Bertz CT molecular complexity index is 696. The zero-order valence-electron chi connectivity index (χ0n) is 10.1. The van der Waals surface area contributed by atoms with Crippen molar-refractivity contribution in [2.24, 2.45) is 0 Å². The number of halogens is 2. The molecule has 0 saturated heterocycles. The number of benzene rings is 1. The minimum absolute atomic E-state index is 0.0299. The van der Waals surface area contributed by atoms with Crippen molar-refractivity contribution in [3.8, 4) is 11.6 Å². The summed E-state index contributed by atoms with van der Waals surface area (Å²) in [4.78, 5) is 17.8. The van der Waals surface area contributed by atoms with Crippen LogP contribution in [0.1, 0.15) is 5.56 Å². The van der Waals surface area contributed by atoms with Crippen LogP contribution < -0.4 is 10.5 Å². The maximum atomic E-state index is 13.5. The molecule has 1 aromatic carbocycles. The first-order chi connectivity index (χ1) is 9.38.